The molecule has 0 N–H and O–H groups in total. The molecule has 0 radical (unpaired) electrons. The van der Waals surface area contributed by atoms with Gasteiger partial charge in [0, 0.05) is 41.9 Å². The maximum absolute atomic E-state index is 12.3. The van der Waals surface area contributed by atoms with E-state index in [9.17, 15) is 9.59 Å². The van der Waals surface area contributed by atoms with Crippen LogP contribution in [0.3, 0.4) is 0 Å². The third-order valence-corrected chi connectivity index (χ3v) is 3.74. The molecular weight excluding hydrogens is 341 g/mol. The number of carbonyl (C=O) groups is 2. The van der Waals surface area contributed by atoms with Crippen LogP contribution in [-0.2, 0) is 19.1 Å². The highest BCUT2D eigenvalue weighted by Gasteiger charge is 2.13. The average molecular weight is 360 g/mol. The highest BCUT2D eigenvalue weighted by atomic mass is 35.5. The molecule has 0 aromatic heterocycles. The Morgan fingerprint density at radius 1 is 1.17 bits per heavy atom. The van der Waals surface area contributed by atoms with Crippen LogP contribution in [0.25, 0.3) is 6.08 Å². The van der Waals surface area contributed by atoms with Crippen LogP contribution in [0, 0.1) is 0 Å². The fourth-order valence-corrected chi connectivity index (χ4v) is 2.32. The Hall–Kier alpha value is -1.56. The Labute approximate surface area is 145 Å². The monoisotopic (exact) mass is 359 g/mol. The number of hydrogen-bond donors (Lipinski definition) is 0. The van der Waals surface area contributed by atoms with E-state index in [1.165, 1.54) is 18.1 Å². The summed E-state index contributed by atoms with van der Waals surface area (Å²) in [5, 5.41) is 0.916. The lowest BCUT2D eigenvalue weighted by atomic mass is 10.2. The van der Waals surface area contributed by atoms with Crippen LogP contribution >= 0.6 is 23.2 Å². The van der Waals surface area contributed by atoms with Gasteiger partial charge in [-0.2, -0.15) is 0 Å². The van der Waals surface area contributed by atoms with Gasteiger partial charge in [0.25, 0.3) is 0 Å². The maximum atomic E-state index is 12.3. The molecule has 5 nitrogen and oxygen atoms in total. The molecule has 0 saturated carbocycles. The normalized spacial score (nSPS) is 10.8. The van der Waals surface area contributed by atoms with Crippen molar-refractivity contribution in [2.24, 2.45) is 0 Å². The fraction of sp³-hybridized carbons (Fsp3) is 0.375. The number of nitrogens with zero attached hydrogens (tertiary/aromatic N) is 1. The Morgan fingerprint density at radius 2 is 1.83 bits per heavy atom. The van der Waals surface area contributed by atoms with Crippen molar-refractivity contribution in [3.05, 3.63) is 39.9 Å². The third-order valence-electron chi connectivity index (χ3n) is 3.08. The second-order valence-electron chi connectivity index (χ2n) is 4.61. The summed E-state index contributed by atoms with van der Waals surface area (Å²) in [6, 6.07) is 5.11. The number of rotatable bonds is 8. The summed E-state index contributed by atoms with van der Waals surface area (Å²) in [4.78, 5) is 25.0. The molecule has 7 heteroatoms. The number of esters is 1. The summed E-state index contributed by atoms with van der Waals surface area (Å²) in [6.45, 7) is 0.982. The first kappa shape index (κ1) is 19.5. The summed E-state index contributed by atoms with van der Waals surface area (Å²) in [5.41, 5.74) is 0.573. The zero-order chi connectivity index (χ0) is 17.2. The van der Waals surface area contributed by atoms with Gasteiger partial charge in [0.05, 0.1) is 20.1 Å². The lowest BCUT2D eigenvalue weighted by molar-refractivity contribution is -0.141. The van der Waals surface area contributed by atoms with Crippen molar-refractivity contribution in [3.63, 3.8) is 0 Å². The van der Waals surface area contributed by atoms with E-state index in [0.29, 0.717) is 28.8 Å². The third kappa shape index (κ3) is 6.60. The molecule has 0 aliphatic carbocycles. The topological polar surface area (TPSA) is 55.8 Å². The highest BCUT2D eigenvalue weighted by molar-refractivity contribution is 6.37. The lowest BCUT2D eigenvalue weighted by Crippen LogP contribution is -2.34. The first-order chi connectivity index (χ1) is 11.0. The Balaban J connectivity index is 2.79. The molecule has 0 aliphatic heterocycles. The summed E-state index contributed by atoms with van der Waals surface area (Å²) < 4.78 is 9.56. The molecule has 0 aliphatic rings. The van der Waals surface area contributed by atoms with Gasteiger partial charge in [-0.25, -0.2) is 0 Å². The molecule has 0 bridgehead atoms. The van der Waals surface area contributed by atoms with Gasteiger partial charge in [-0.1, -0.05) is 29.3 Å². The quantitative estimate of drug-likeness (QED) is 0.528. The van der Waals surface area contributed by atoms with E-state index in [1.807, 2.05) is 0 Å². The SMILES string of the molecule is COCCN(CCC(=O)OC)C(=O)/C=C/c1c(Cl)cccc1Cl. The van der Waals surface area contributed by atoms with E-state index >= 15 is 0 Å². The molecule has 0 saturated heterocycles. The number of amides is 1. The van der Waals surface area contributed by atoms with Crippen molar-refractivity contribution in [3.8, 4) is 0 Å². The number of methoxy groups -OCH3 is 2. The van der Waals surface area contributed by atoms with Crippen molar-refractivity contribution in [2.45, 2.75) is 6.42 Å². The Bertz CT molecular complexity index is 555. The predicted octanol–water partition coefficient (Wildman–Crippen LogP) is 3.04. The van der Waals surface area contributed by atoms with Crippen molar-refractivity contribution in [1.82, 2.24) is 4.90 Å². The standard InChI is InChI=1S/C16H19Cl2NO4/c1-22-11-10-19(9-8-16(21)23-2)15(20)7-6-12-13(17)4-3-5-14(12)18/h3-7H,8-11H2,1-2H3/b7-6+. The van der Waals surface area contributed by atoms with Crippen molar-refractivity contribution in [2.75, 3.05) is 33.9 Å². The Morgan fingerprint density at radius 3 is 2.39 bits per heavy atom. The molecule has 0 heterocycles. The molecule has 1 rings (SSSR count). The van der Waals surface area contributed by atoms with E-state index in [4.69, 9.17) is 27.9 Å². The van der Waals surface area contributed by atoms with Crippen LogP contribution in [0.2, 0.25) is 10.0 Å². The van der Waals surface area contributed by atoms with E-state index in [-0.39, 0.29) is 24.8 Å². The average Bonchev–Trinajstić information content (AvgIpc) is 2.53. The van der Waals surface area contributed by atoms with Crippen LogP contribution < -0.4 is 0 Å². The van der Waals surface area contributed by atoms with Crippen LogP contribution in [0.1, 0.15) is 12.0 Å². The van der Waals surface area contributed by atoms with Crippen LogP contribution in [0.15, 0.2) is 24.3 Å². The lowest BCUT2D eigenvalue weighted by Gasteiger charge is -2.20. The zero-order valence-electron chi connectivity index (χ0n) is 13.1. The molecule has 1 aromatic carbocycles. The van der Waals surface area contributed by atoms with Crippen molar-refractivity contribution >= 4 is 41.2 Å². The van der Waals surface area contributed by atoms with Gasteiger partial charge in [0.1, 0.15) is 0 Å². The zero-order valence-corrected chi connectivity index (χ0v) is 14.6. The molecule has 0 spiro atoms. The van der Waals surface area contributed by atoms with Crippen molar-refractivity contribution in [1.29, 1.82) is 0 Å². The molecule has 126 valence electrons. The van der Waals surface area contributed by atoms with E-state index in [1.54, 1.807) is 31.4 Å². The predicted molar refractivity (Wildman–Crippen MR) is 90.6 cm³/mol. The molecule has 0 atom stereocenters. The Kier molecular flexibility index (Phi) is 8.69. The molecule has 23 heavy (non-hydrogen) atoms. The molecule has 1 aromatic rings. The number of carbonyl (C=O) groups excluding carboxylic acids is 2. The largest absolute Gasteiger partial charge is 0.469 e. The van der Waals surface area contributed by atoms with E-state index < -0.39 is 0 Å². The minimum Gasteiger partial charge on any atom is -0.469 e. The van der Waals surface area contributed by atoms with Crippen LogP contribution in [-0.4, -0.2) is 50.7 Å². The number of hydrogen-bond acceptors (Lipinski definition) is 4. The summed E-state index contributed by atoms with van der Waals surface area (Å²) >= 11 is 12.1. The van der Waals surface area contributed by atoms with Crippen LogP contribution in [0.4, 0.5) is 0 Å². The minimum atomic E-state index is -0.377. The smallest absolute Gasteiger partial charge is 0.307 e. The second kappa shape index (κ2) is 10.3. The maximum Gasteiger partial charge on any atom is 0.307 e. The molecule has 0 fully saturated rings. The van der Waals surface area contributed by atoms with Gasteiger partial charge in [0.15, 0.2) is 0 Å². The summed E-state index contributed by atoms with van der Waals surface area (Å²) in [6.07, 6.45) is 3.05. The highest BCUT2D eigenvalue weighted by Crippen LogP contribution is 2.25. The minimum absolute atomic E-state index is 0.118. The molecule has 0 unspecified atom stereocenters. The molecule has 1 amide bonds. The summed E-state index contributed by atoms with van der Waals surface area (Å²) in [5.74, 6) is -0.639. The van der Waals surface area contributed by atoms with Crippen molar-refractivity contribution < 1.29 is 19.1 Å². The second-order valence-corrected chi connectivity index (χ2v) is 5.43. The first-order valence-corrected chi connectivity index (χ1v) is 7.72. The van der Waals surface area contributed by atoms with Gasteiger partial charge in [-0.15, -0.1) is 0 Å². The molecular formula is C16H19Cl2NO4. The van der Waals surface area contributed by atoms with Gasteiger partial charge >= 0.3 is 5.97 Å². The van der Waals surface area contributed by atoms with E-state index in [0.717, 1.165) is 0 Å². The van der Waals surface area contributed by atoms with Gasteiger partial charge in [-0.05, 0) is 18.2 Å². The first-order valence-electron chi connectivity index (χ1n) is 6.96. The number of ether oxygens (including phenoxy) is 2. The van der Waals surface area contributed by atoms with E-state index in [2.05, 4.69) is 4.74 Å². The van der Waals surface area contributed by atoms with Gasteiger partial charge in [-0.3, -0.25) is 9.59 Å². The number of halogens is 2. The number of benzene rings is 1. The van der Waals surface area contributed by atoms with Gasteiger partial charge < -0.3 is 14.4 Å². The summed E-state index contributed by atoms with van der Waals surface area (Å²) in [7, 11) is 2.85. The fourth-order valence-electron chi connectivity index (χ4n) is 1.79. The van der Waals surface area contributed by atoms with Gasteiger partial charge in [0.2, 0.25) is 5.91 Å². The van der Waals surface area contributed by atoms with Crippen LogP contribution in [0.5, 0.6) is 0 Å².